The van der Waals surface area contributed by atoms with Gasteiger partial charge in [-0.25, -0.2) is 0 Å². The third kappa shape index (κ3) is 3.16. The first-order valence-corrected chi connectivity index (χ1v) is 7.52. The highest BCUT2D eigenvalue weighted by atomic mass is 16.2. The molecular formula is C15H26N2O2. The van der Waals surface area contributed by atoms with E-state index in [0.29, 0.717) is 11.8 Å². The van der Waals surface area contributed by atoms with E-state index < -0.39 is 0 Å². The second-order valence-electron chi connectivity index (χ2n) is 6.70. The Morgan fingerprint density at radius 2 is 1.89 bits per heavy atom. The Balaban J connectivity index is 1.90. The van der Waals surface area contributed by atoms with E-state index in [1.807, 2.05) is 13.8 Å². The summed E-state index contributed by atoms with van der Waals surface area (Å²) in [6, 6.07) is -0.328. The SMILES string of the molecule is CC(C)N1C(=O)CC(NCC2(C)CCCCC2)C1=O. The lowest BCUT2D eigenvalue weighted by Crippen LogP contribution is -2.45. The van der Waals surface area contributed by atoms with Gasteiger partial charge in [-0.2, -0.15) is 0 Å². The number of imide groups is 1. The maximum absolute atomic E-state index is 12.2. The van der Waals surface area contributed by atoms with Crippen molar-refractivity contribution in [2.75, 3.05) is 6.54 Å². The van der Waals surface area contributed by atoms with Gasteiger partial charge in [0.2, 0.25) is 11.8 Å². The molecule has 1 aliphatic carbocycles. The summed E-state index contributed by atoms with van der Waals surface area (Å²) in [5.41, 5.74) is 0.298. The molecule has 2 fully saturated rings. The standard InChI is InChI=1S/C15H26N2O2/c1-11(2)17-13(18)9-12(14(17)19)16-10-15(3)7-5-4-6-8-15/h11-12,16H,4-10H2,1-3H3. The van der Waals surface area contributed by atoms with Crippen molar-refractivity contribution in [3.63, 3.8) is 0 Å². The van der Waals surface area contributed by atoms with Crippen molar-refractivity contribution in [2.24, 2.45) is 5.41 Å². The second kappa shape index (κ2) is 5.61. The first-order chi connectivity index (χ1) is 8.93. The number of carbonyl (C=O) groups is 2. The second-order valence-corrected chi connectivity index (χ2v) is 6.70. The Morgan fingerprint density at radius 3 is 2.42 bits per heavy atom. The van der Waals surface area contributed by atoms with Gasteiger partial charge in [-0.3, -0.25) is 14.5 Å². The zero-order chi connectivity index (χ0) is 14.0. The van der Waals surface area contributed by atoms with Crippen molar-refractivity contribution in [2.45, 2.75) is 71.4 Å². The van der Waals surface area contributed by atoms with E-state index in [1.54, 1.807) is 0 Å². The molecule has 2 aliphatic rings. The average Bonchev–Trinajstić information content (AvgIpc) is 2.63. The maximum atomic E-state index is 12.2. The molecule has 1 heterocycles. The first kappa shape index (κ1) is 14.5. The van der Waals surface area contributed by atoms with Gasteiger partial charge < -0.3 is 5.32 Å². The van der Waals surface area contributed by atoms with E-state index in [4.69, 9.17) is 0 Å². The summed E-state index contributed by atoms with van der Waals surface area (Å²) < 4.78 is 0. The largest absolute Gasteiger partial charge is 0.305 e. The van der Waals surface area contributed by atoms with Gasteiger partial charge in [0, 0.05) is 12.6 Å². The summed E-state index contributed by atoms with van der Waals surface area (Å²) >= 11 is 0. The first-order valence-electron chi connectivity index (χ1n) is 7.52. The number of rotatable bonds is 4. The molecule has 0 aromatic carbocycles. The van der Waals surface area contributed by atoms with Gasteiger partial charge in [0.15, 0.2) is 0 Å². The highest BCUT2D eigenvalue weighted by molar-refractivity contribution is 6.05. The molecule has 1 unspecified atom stereocenters. The molecule has 0 aromatic rings. The molecule has 1 saturated heterocycles. The van der Waals surface area contributed by atoms with Gasteiger partial charge in [-0.15, -0.1) is 0 Å². The minimum atomic E-state index is -0.298. The molecule has 4 heteroatoms. The van der Waals surface area contributed by atoms with Gasteiger partial charge in [0.25, 0.3) is 0 Å². The summed E-state index contributed by atoms with van der Waals surface area (Å²) in [5, 5.41) is 3.34. The zero-order valence-corrected chi connectivity index (χ0v) is 12.4. The Hall–Kier alpha value is -0.900. The van der Waals surface area contributed by atoms with E-state index in [2.05, 4.69) is 12.2 Å². The van der Waals surface area contributed by atoms with Crippen LogP contribution in [0.2, 0.25) is 0 Å². The molecule has 0 aromatic heterocycles. The molecular weight excluding hydrogens is 240 g/mol. The van der Waals surface area contributed by atoms with Gasteiger partial charge in [-0.05, 0) is 32.1 Å². The van der Waals surface area contributed by atoms with Crippen molar-refractivity contribution in [1.29, 1.82) is 0 Å². The Bertz CT molecular complexity index is 359. The van der Waals surface area contributed by atoms with E-state index in [-0.39, 0.29) is 23.9 Å². The molecule has 1 aliphatic heterocycles. The zero-order valence-electron chi connectivity index (χ0n) is 12.4. The van der Waals surface area contributed by atoms with Crippen molar-refractivity contribution in [3.8, 4) is 0 Å². The molecule has 1 saturated carbocycles. The van der Waals surface area contributed by atoms with Crippen LogP contribution in [0.5, 0.6) is 0 Å². The van der Waals surface area contributed by atoms with Crippen LogP contribution < -0.4 is 5.32 Å². The van der Waals surface area contributed by atoms with Crippen molar-refractivity contribution >= 4 is 11.8 Å². The number of likely N-dealkylation sites (tertiary alicyclic amines) is 1. The highest BCUT2D eigenvalue weighted by Crippen LogP contribution is 2.35. The highest BCUT2D eigenvalue weighted by Gasteiger charge is 2.40. The third-order valence-electron chi connectivity index (χ3n) is 4.54. The molecule has 1 atom stereocenters. The van der Waals surface area contributed by atoms with Crippen LogP contribution in [-0.2, 0) is 9.59 Å². The fourth-order valence-corrected chi connectivity index (χ4v) is 3.30. The van der Waals surface area contributed by atoms with Crippen molar-refractivity contribution in [3.05, 3.63) is 0 Å². The minimum Gasteiger partial charge on any atom is -0.305 e. The van der Waals surface area contributed by atoms with Crippen LogP contribution in [0.4, 0.5) is 0 Å². The summed E-state index contributed by atoms with van der Waals surface area (Å²) in [7, 11) is 0. The van der Waals surface area contributed by atoms with Crippen molar-refractivity contribution in [1.82, 2.24) is 10.2 Å². The quantitative estimate of drug-likeness (QED) is 0.793. The molecule has 2 amide bonds. The molecule has 0 spiro atoms. The summed E-state index contributed by atoms with van der Waals surface area (Å²) in [4.78, 5) is 25.4. The van der Waals surface area contributed by atoms with Gasteiger partial charge in [-0.1, -0.05) is 26.2 Å². The van der Waals surface area contributed by atoms with Crippen LogP contribution >= 0.6 is 0 Å². The monoisotopic (exact) mass is 266 g/mol. The molecule has 108 valence electrons. The summed E-state index contributed by atoms with van der Waals surface area (Å²) in [6.07, 6.45) is 6.68. The van der Waals surface area contributed by atoms with Crippen LogP contribution in [0, 0.1) is 5.41 Å². The van der Waals surface area contributed by atoms with E-state index in [9.17, 15) is 9.59 Å². The number of carbonyl (C=O) groups excluding carboxylic acids is 2. The lowest BCUT2D eigenvalue weighted by atomic mass is 9.75. The van der Waals surface area contributed by atoms with Crippen LogP contribution in [-0.4, -0.2) is 35.3 Å². The molecule has 0 bridgehead atoms. The Labute approximate surface area is 115 Å². The fourth-order valence-electron chi connectivity index (χ4n) is 3.30. The van der Waals surface area contributed by atoms with Gasteiger partial charge in [0.05, 0.1) is 12.5 Å². The van der Waals surface area contributed by atoms with Crippen LogP contribution in [0.15, 0.2) is 0 Å². The smallest absolute Gasteiger partial charge is 0.247 e. The Kier molecular flexibility index (Phi) is 4.29. The topological polar surface area (TPSA) is 49.4 Å². The van der Waals surface area contributed by atoms with E-state index in [1.165, 1.54) is 37.0 Å². The molecule has 1 N–H and O–H groups in total. The third-order valence-corrected chi connectivity index (χ3v) is 4.54. The predicted octanol–water partition coefficient (Wildman–Crippen LogP) is 2.08. The van der Waals surface area contributed by atoms with Crippen LogP contribution in [0.3, 0.4) is 0 Å². The van der Waals surface area contributed by atoms with Gasteiger partial charge in [0.1, 0.15) is 0 Å². The molecule has 0 radical (unpaired) electrons. The molecule has 19 heavy (non-hydrogen) atoms. The van der Waals surface area contributed by atoms with Gasteiger partial charge >= 0.3 is 0 Å². The number of nitrogens with one attached hydrogen (secondary N) is 1. The predicted molar refractivity (Wildman–Crippen MR) is 74.6 cm³/mol. The normalized spacial score (nSPS) is 27.4. The number of hydrogen-bond acceptors (Lipinski definition) is 3. The summed E-state index contributed by atoms with van der Waals surface area (Å²) in [5.74, 6) is -0.0780. The Morgan fingerprint density at radius 1 is 1.26 bits per heavy atom. The average molecular weight is 266 g/mol. The molecule has 2 rings (SSSR count). The number of hydrogen-bond donors (Lipinski definition) is 1. The number of nitrogens with zero attached hydrogens (tertiary/aromatic N) is 1. The summed E-state index contributed by atoms with van der Waals surface area (Å²) in [6.45, 7) is 6.92. The van der Waals surface area contributed by atoms with E-state index in [0.717, 1.165) is 6.54 Å². The minimum absolute atomic E-state index is 0.0305. The number of amides is 2. The molecule has 4 nitrogen and oxygen atoms in total. The van der Waals surface area contributed by atoms with Crippen LogP contribution in [0.25, 0.3) is 0 Å². The maximum Gasteiger partial charge on any atom is 0.247 e. The lowest BCUT2D eigenvalue weighted by molar-refractivity contribution is -0.140. The fraction of sp³-hybridized carbons (Fsp3) is 0.867. The lowest BCUT2D eigenvalue weighted by Gasteiger charge is -2.34. The van der Waals surface area contributed by atoms with E-state index >= 15 is 0 Å². The van der Waals surface area contributed by atoms with Crippen molar-refractivity contribution < 1.29 is 9.59 Å². The van der Waals surface area contributed by atoms with Crippen LogP contribution in [0.1, 0.15) is 59.3 Å².